The Morgan fingerprint density at radius 1 is 1.62 bits per heavy atom. The van der Waals surface area contributed by atoms with Crippen molar-refractivity contribution in [2.45, 2.75) is 19.9 Å². The molecule has 0 saturated carbocycles. The Bertz CT molecular complexity index is 345. The highest BCUT2D eigenvalue weighted by Gasteiger charge is 2.18. The Hall–Kier alpha value is -1.36. The molecular formula is C11H18N4O. The first-order valence-corrected chi connectivity index (χ1v) is 5.73. The van der Waals surface area contributed by atoms with Gasteiger partial charge in [-0.25, -0.2) is 4.98 Å². The highest BCUT2D eigenvalue weighted by Crippen LogP contribution is 2.14. The summed E-state index contributed by atoms with van der Waals surface area (Å²) in [7, 11) is 0. The van der Waals surface area contributed by atoms with Crippen LogP contribution in [0.3, 0.4) is 0 Å². The van der Waals surface area contributed by atoms with Crippen LogP contribution in [0.1, 0.15) is 13.8 Å². The Morgan fingerprint density at radius 2 is 2.50 bits per heavy atom. The second-order valence-electron chi connectivity index (χ2n) is 3.93. The van der Waals surface area contributed by atoms with Gasteiger partial charge in [0.25, 0.3) is 0 Å². The summed E-state index contributed by atoms with van der Waals surface area (Å²) in [6.45, 7) is 7.61. The Morgan fingerprint density at radius 3 is 3.25 bits per heavy atom. The number of rotatable bonds is 3. The van der Waals surface area contributed by atoms with E-state index in [1.807, 2.05) is 6.92 Å². The molecule has 88 valence electrons. The first-order valence-electron chi connectivity index (χ1n) is 5.73. The molecule has 1 aromatic heterocycles. The van der Waals surface area contributed by atoms with E-state index in [0.717, 1.165) is 25.6 Å². The van der Waals surface area contributed by atoms with Gasteiger partial charge >= 0.3 is 0 Å². The van der Waals surface area contributed by atoms with E-state index < -0.39 is 0 Å². The van der Waals surface area contributed by atoms with Gasteiger partial charge in [-0.2, -0.15) is 4.98 Å². The fourth-order valence-corrected chi connectivity index (χ4v) is 1.83. The Balaban J connectivity index is 2.09. The summed E-state index contributed by atoms with van der Waals surface area (Å²) < 4.78 is 5.37. The number of hydrogen-bond acceptors (Lipinski definition) is 5. The average molecular weight is 222 g/mol. The minimum absolute atomic E-state index is 0.480. The number of nitrogens with one attached hydrogen (secondary N) is 1. The molecule has 0 amide bonds. The lowest BCUT2D eigenvalue weighted by Gasteiger charge is -2.31. The minimum Gasteiger partial charge on any atom is -0.478 e. The summed E-state index contributed by atoms with van der Waals surface area (Å²) in [4.78, 5) is 10.9. The molecule has 0 aromatic carbocycles. The van der Waals surface area contributed by atoms with Crippen LogP contribution in [0.4, 0.5) is 5.95 Å². The summed E-state index contributed by atoms with van der Waals surface area (Å²) in [6.07, 6.45) is 1.75. The average Bonchev–Trinajstić information content (AvgIpc) is 2.30. The predicted molar refractivity (Wildman–Crippen MR) is 62.9 cm³/mol. The Labute approximate surface area is 95.8 Å². The van der Waals surface area contributed by atoms with Crippen LogP contribution in [0.2, 0.25) is 0 Å². The zero-order valence-electron chi connectivity index (χ0n) is 9.81. The lowest BCUT2D eigenvalue weighted by atomic mass is 10.2. The van der Waals surface area contributed by atoms with Crippen molar-refractivity contribution >= 4 is 5.95 Å². The third-order valence-electron chi connectivity index (χ3n) is 2.56. The molecule has 1 aromatic rings. The lowest BCUT2D eigenvalue weighted by molar-refractivity contribution is 0.325. The number of hydrogen-bond donors (Lipinski definition) is 1. The van der Waals surface area contributed by atoms with Crippen LogP contribution >= 0.6 is 0 Å². The van der Waals surface area contributed by atoms with Crippen molar-refractivity contribution < 1.29 is 4.74 Å². The molecule has 1 saturated heterocycles. The molecule has 0 bridgehead atoms. The topological polar surface area (TPSA) is 50.3 Å². The molecule has 1 aliphatic heterocycles. The van der Waals surface area contributed by atoms with Crippen molar-refractivity contribution in [2.75, 3.05) is 31.1 Å². The zero-order valence-corrected chi connectivity index (χ0v) is 9.81. The fourth-order valence-electron chi connectivity index (χ4n) is 1.83. The smallest absolute Gasteiger partial charge is 0.228 e. The van der Waals surface area contributed by atoms with E-state index in [1.165, 1.54) is 0 Å². The summed E-state index contributed by atoms with van der Waals surface area (Å²) >= 11 is 0. The highest BCUT2D eigenvalue weighted by atomic mass is 16.5. The summed E-state index contributed by atoms with van der Waals surface area (Å²) in [5, 5.41) is 3.39. The summed E-state index contributed by atoms with van der Waals surface area (Å²) in [5.41, 5.74) is 0. The van der Waals surface area contributed by atoms with E-state index >= 15 is 0 Å². The van der Waals surface area contributed by atoms with E-state index in [2.05, 4.69) is 27.1 Å². The molecule has 0 spiro atoms. The van der Waals surface area contributed by atoms with Gasteiger partial charge in [0, 0.05) is 37.9 Å². The molecule has 1 N–H and O–H groups in total. The zero-order chi connectivity index (χ0) is 11.4. The monoisotopic (exact) mass is 222 g/mol. The SMILES string of the molecule is CCOc1ccnc(N2CCN[C@@H](C)C2)n1. The maximum absolute atomic E-state index is 5.37. The molecule has 1 atom stereocenters. The molecular weight excluding hydrogens is 204 g/mol. The third-order valence-corrected chi connectivity index (χ3v) is 2.56. The van der Waals surface area contributed by atoms with Gasteiger partial charge < -0.3 is 15.0 Å². The van der Waals surface area contributed by atoms with E-state index in [1.54, 1.807) is 12.3 Å². The minimum atomic E-state index is 0.480. The lowest BCUT2D eigenvalue weighted by Crippen LogP contribution is -2.49. The number of piperazine rings is 1. The number of nitrogens with zero attached hydrogens (tertiary/aromatic N) is 3. The highest BCUT2D eigenvalue weighted by molar-refractivity contribution is 5.33. The molecule has 5 nitrogen and oxygen atoms in total. The van der Waals surface area contributed by atoms with Crippen LogP contribution in [-0.2, 0) is 0 Å². The number of aromatic nitrogens is 2. The van der Waals surface area contributed by atoms with Crippen LogP contribution in [0.15, 0.2) is 12.3 Å². The molecule has 2 rings (SSSR count). The van der Waals surface area contributed by atoms with Crippen LogP contribution in [0.25, 0.3) is 0 Å². The summed E-state index contributed by atoms with van der Waals surface area (Å²) in [5.74, 6) is 1.41. The van der Waals surface area contributed by atoms with Gasteiger partial charge in [0.1, 0.15) is 0 Å². The standard InChI is InChI=1S/C11H18N4O/c1-3-16-10-4-5-13-11(14-10)15-7-6-12-9(2)8-15/h4-5,9,12H,3,6-8H2,1-2H3/t9-/m0/s1. The van der Waals surface area contributed by atoms with Crippen LogP contribution in [0.5, 0.6) is 5.88 Å². The Kier molecular flexibility index (Phi) is 3.56. The van der Waals surface area contributed by atoms with Gasteiger partial charge in [-0.1, -0.05) is 0 Å². The number of ether oxygens (including phenoxy) is 1. The van der Waals surface area contributed by atoms with Gasteiger partial charge in [0.15, 0.2) is 0 Å². The van der Waals surface area contributed by atoms with Crippen molar-refractivity contribution in [3.63, 3.8) is 0 Å². The quantitative estimate of drug-likeness (QED) is 0.814. The molecule has 0 aliphatic carbocycles. The maximum Gasteiger partial charge on any atom is 0.228 e. The van der Waals surface area contributed by atoms with Crippen molar-refractivity contribution in [3.05, 3.63) is 12.3 Å². The van der Waals surface area contributed by atoms with Gasteiger partial charge in [0.2, 0.25) is 11.8 Å². The molecule has 0 radical (unpaired) electrons. The first-order chi connectivity index (χ1) is 7.79. The van der Waals surface area contributed by atoms with E-state index in [9.17, 15) is 0 Å². The van der Waals surface area contributed by atoms with Crippen molar-refractivity contribution in [1.29, 1.82) is 0 Å². The van der Waals surface area contributed by atoms with Gasteiger partial charge in [-0.3, -0.25) is 0 Å². The van der Waals surface area contributed by atoms with Crippen LogP contribution in [-0.4, -0.2) is 42.3 Å². The van der Waals surface area contributed by atoms with Gasteiger partial charge in [0.05, 0.1) is 6.61 Å². The maximum atomic E-state index is 5.37. The van der Waals surface area contributed by atoms with E-state index in [-0.39, 0.29) is 0 Å². The van der Waals surface area contributed by atoms with Crippen molar-refractivity contribution in [2.24, 2.45) is 0 Å². The van der Waals surface area contributed by atoms with Crippen molar-refractivity contribution in [3.8, 4) is 5.88 Å². The van der Waals surface area contributed by atoms with Crippen LogP contribution < -0.4 is 15.0 Å². The summed E-state index contributed by atoms with van der Waals surface area (Å²) in [6, 6.07) is 2.27. The molecule has 5 heteroatoms. The molecule has 1 aliphatic rings. The van der Waals surface area contributed by atoms with Gasteiger partial charge in [-0.05, 0) is 13.8 Å². The third kappa shape index (κ3) is 2.61. The fraction of sp³-hybridized carbons (Fsp3) is 0.636. The normalized spacial score (nSPS) is 20.9. The molecule has 1 fully saturated rings. The second kappa shape index (κ2) is 5.12. The van der Waals surface area contributed by atoms with E-state index in [0.29, 0.717) is 18.5 Å². The van der Waals surface area contributed by atoms with E-state index in [4.69, 9.17) is 4.74 Å². The van der Waals surface area contributed by atoms with Crippen LogP contribution in [0, 0.1) is 0 Å². The molecule has 0 unspecified atom stereocenters. The first kappa shape index (κ1) is 11.1. The molecule has 2 heterocycles. The molecule has 16 heavy (non-hydrogen) atoms. The predicted octanol–water partition coefficient (Wildman–Crippen LogP) is 0.673. The van der Waals surface area contributed by atoms with Gasteiger partial charge in [-0.15, -0.1) is 0 Å². The number of anilines is 1. The largest absolute Gasteiger partial charge is 0.478 e. The van der Waals surface area contributed by atoms with Crippen molar-refractivity contribution in [1.82, 2.24) is 15.3 Å². The second-order valence-corrected chi connectivity index (χ2v) is 3.93.